The fraction of sp³-hybridized carbons (Fsp3) is 0.233. The number of nitrogens with zero attached hydrogens (tertiary/aromatic N) is 1. The number of carbonyl (C=O) groups excluding carboxylic acids is 2. The first-order valence-corrected chi connectivity index (χ1v) is 12.5. The van der Waals surface area contributed by atoms with Gasteiger partial charge in [-0.2, -0.15) is 0 Å². The molecule has 5 rings (SSSR count). The minimum atomic E-state index is -0.492. The maximum atomic E-state index is 13.4. The van der Waals surface area contributed by atoms with Crippen molar-refractivity contribution in [3.05, 3.63) is 112 Å². The Morgan fingerprint density at radius 1 is 1.03 bits per heavy atom. The van der Waals surface area contributed by atoms with Gasteiger partial charge in [-0.1, -0.05) is 48.0 Å². The molecule has 1 unspecified atom stereocenters. The number of hydrogen-bond donors (Lipinski definition) is 1. The van der Waals surface area contributed by atoms with Crippen molar-refractivity contribution < 1.29 is 14.0 Å². The van der Waals surface area contributed by atoms with E-state index < -0.39 is 5.82 Å². The van der Waals surface area contributed by atoms with E-state index in [2.05, 4.69) is 22.1 Å². The van der Waals surface area contributed by atoms with E-state index in [4.69, 9.17) is 11.6 Å². The second-order valence-electron chi connectivity index (χ2n) is 9.43. The van der Waals surface area contributed by atoms with Crippen molar-refractivity contribution in [3.8, 4) is 11.3 Å². The lowest BCUT2D eigenvalue weighted by molar-refractivity contribution is -0.118. The Hall–Kier alpha value is -3.57. The lowest BCUT2D eigenvalue weighted by Gasteiger charge is -2.22. The average molecular weight is 501 g/mol. The SMILES string of the molecule is O=C(CCC1CC(=O)c2c([nH]c(-c3ccncc3)c2Cc2ccccc2)C1)Cc1ccc(F)c(Cl)c1. The molecule has 2 heterocycles. The Morgan fingerprint density at radius 3 is 2.56 bits per heavy atom. The van der Waals surface area contributed by atoms with Crippen molar-refractivity contribution in [3.63, 3.8) is 0 Å². The molecule has 6 heteroatoms. The van der Waals surface area contributed by atoms with Gasteiger partial charge in [-0.15, -0.1) is 0 Å². The smallest absolute Gasteiger partial charge is 0.165 e. The molecule has 4 nitrogen and oxygen atoms in total. The minimum absolute atomic E-state index is 0.0220. The van der Waals surface area contributed by atoms with Gasteiger partial charge in [0.1, 0.15) is 11.6 Å². The number of pyridine rings is 1. The molecule has 0 saturated carbocycles. The maximum absolute atomic E-state index is 13.4. The van der Waals surface area contributed by atoms with Crippen LogP contribution >= 0.6 is 11.6 Å². The van der Waals surface area contributed by atoms with Crippen LogP contribution in [-0.2, 0) is 24.1 Å². The number of aromatic amines is 1. The van der Waals surface area contributed by atoms with E-state index in [-0.39, 0.29) is 28.9 Å². The predicted molar refractivity (Wildman–Crippen MR) is 139 cm³/mol. The normalized spacial score (nSPS) is 15.1. The molecule has 2 aromatic carbocycles. The van der Waals surface area contributed by atoms with E-state index in [1.165, 1.54) is 12.1 Å². The van der Waals surface area contributed by atoms with Crippen molar-refractivity contribution in [1.82, 2.24) is 9.97 Å². The summed E-state index contributed by atoms with van der Waals surface area (Å²) in [6, 6.07) is 18.4. The van der Waals surface area contributed by atoms with E-state index in [1.807, 2.05) is 30.3 Å². The molecule has 0 radical (unpaired) electrons. The number of halogens is 2. The highest BCUT2D eigenvalue weighted by molar-refractivity contribution is 6.30. The number of rotatable bonds is 8. The van der Waals surface area contributed by atoms with Gasteiger partial charge >= 0.3 is 0 Å². The molecular formula is C30H26ClFN2O2. The topological polar surface area (TPSA) is 62.8 Å². The number of hydrogen-bond acceptors (Lipinski definition) is 3. The number of Topliss-reactive ketones (excluding diaryl/α,β-unsaturated/α-hetero) is 2. The minimum Gasteiger partial charge on any atom is -0.358 e. The first-order chi connectivity index (χ1) is 17.5. The average Bonchev–Trinajstić information content (AvgIpc) is 3.25. The van der Waals surface area contributed by atoms with E-state index in [9.17, 15) is 14.0 Å². The lowest BCUT2D eigenvalue weighted by Crippen LogP contribution is -2.21. The molecule has 1 atom stereocenters. The van der Waals surface area contributed by atoms with Crippen molar-refractivity contribution in [2.75, 3.05) is 0 Å². The standard InChI is InChI=1S/C30H26ClFN2O2/c31-25-16-20(7-9-26(25)32)14-23(35)8-6-21-17-27-29(28(36)18-21)24(15-19-4-2-1-3-5-19)30(34-27)22-10-12-33-13-11-22/h1-5,7,9-13,16,21,34H,6,8,14-15,17-18H2. The van der Waals surface area contributed by atoms with Crippen LogP contribution in [0.3, 0.4) is 0 Å². The van der Waals surface area contributed by atoms with Gasteiger partial charge in [-0.25, -0.2) is 4.39 Å². The third-order valence-corrected chi connectivity index (χ3v) is 7.13. The summed E-state index contributed by atoms with van der Waals surface area (Å²) in [6.45, 7) is 0. The van der Waals surface area contributed by atoms with Gasteiger partial charge < -0.3 is 4.98 Å². The number of aromatic nitrogens is 2. The fourth-order valence-corrected chi connectivity index (χ4v) is 5.29. The number of ketones is 2. The predicted octanol–water partition coefficient (Wildman–Crippen LogP) is 6.80. The highest BCUT2D eigenvalue weighted by atomic mass is 35.5. The zero-order valence-corrected chi connectivity index (χ0v) is 20.5. The molecule has 0 aliphatic heterocycles. The molecule has 182 valence electrons. The number of benzene rings is 2. The molecule has 1 N–H and O–H groups in total. The van der Waals surface area contributed by atoms with Gasteiger partial charge in [0.15, 0.2) is 5.78 Å². The molecule has 1 aliphatic rings. The zero-order chi connectivity index (χ0) is 25.1. The van der Waals surface area contributed by atoms with E-state index in [0.717, 1.165) is 40.1 Å². The number of nitrogens with one attached hydrogen (secondary N) is 1. The largest absolute Gasteiger partial charge is 0.358 e. The van der Waals surface area contributed by atoms with Crippen LogP contribution in [0.5, 0.6) is 0 Å². The van der Waals surface area contributed by atoms with Crippen molar-refractivity contribution >= 4 is 23.2 Å². The first kappa shape index (κ1) is 24.1. The Kier molecular flexibility index (Phi) is 7.10. The summed E-state index contributed by atoms with van der Waals surface area (Å²) in [7, 11) is 0. The molecule has 0 amide bonds. The Balaban J connectivity index is 1.34. The zero-order valence-electron chi connectivity index (χ0n) is 19.8. The molecule has 4 aromatic rings. The van der Waals surface area contributed by atoms with Gasteiger partial charge in [0.05, 0.1) is 10.7 Å². The van der Waals surface area contributed by atoms with Crippen LogP contribution in [0.4, 0.5) is 4.39 Å². The third kappa shape index (κ3) is 5.31. The van der Waals surface area contributed by atoms with Gasteiger partial charge in [0.2, 0.25) is 0 Å². The van der Waals surface area contributed by atoms with Gasteiger partial charge in [0.25, 0.3) is 0 Å². The molecule has 0 saturated heterocycles. The first-order valence-electron chi connectivity index (χ1n) is 12.1. The fourth-order valence-electron chi connectivity index (χ4n) is 5.09. The highest BCUT2D eigenvalue weighted by Crippen LogP contribution is 2.37. The van der Waals surface area contributed by atoms with Crippen LogP contribution in [0, 0.1) is 11.7 Å². The van der Waals surface area contributed by atoms with Crippen LogP contribution in [0.2, 0.25) is 5.02 Å². The summed E-state index contributed by atoms with van der Waals surface area (Å²) in [4.78, 5) is 33.7. The quantitative estimate of drug-likeness (QED) is 0.289. The van der Waals surface area contributed by atoms with Crippen molar-refractivity contribution in [2.24, 2.45) is 5.92 Å². The summed E-state index contributed by atoms with van der Waals surface area (Å²) >= 11 is 5.84. The molecule has 0 fully saturated rings. The van der Waals surface area contributed by atoms with E-state index >= 15 is 0 Å². The maximum Gasteiger partial charge on any atom is 0.165 e. The Morgan fingerprint density at radius 2 is 1.81 bits per heavy atom. The molecule has 0 bridgehead atoms. The second-order valence-corrected chi connectivity index (χ2v) is 9.84. The Labute approximate surface area is 214 Å². The molecule has 2 aromatic heterocycles. The summed E-state index contributed by atoms with van der Waals surface area (Å²) in [6.07, 6.45) is 6.55. The number of H-pyrrole nitrogens is 1. The van der Waals surface area contributed by atoms with Crippen LogP contribution in [-0.4, -0.2) is 21.5 Å². The van der Waals surface area contributed by atoms with Gasteiger partial charge in [-0.3, -0.25) is 14.6 Å². The van der Waals surface area contributed by atoms with Gasteiger partial charge in [0, 0.05) is 54.9 Å². The number of fused-ring (bicyclic) bond motifs is 1. The van der Waals surface area contributed by atoms with Crippen LogP contribution in [0.15, 0.2) is 73.1 Å². The monoisotopic (exact) mass is 500 g/mol. The van der Waals surface area contributed by atoms with Crippen LogP contribution in [0.1, 0.15) is 52.0 Å². The van der Waals surface area contributed by atoms with Crippen molar-refractivity contribution in [1.29, 1.82) is 0 Å². The molecule has 1 aliphatic carbocycles. The van der Waals surface area contributed by atoms with Crippen molar-refractivity contribution in [2.45, 2.75) is 38.5 Å². The summed E-state index contributed by atoms with van der Waals surface area (Å²) in [5.74, 6) is -0.210. The third-order valence-electron chi connectivity index (χ3n) is 6.84. The lowest BCUT2D eigenvalue weighted by atomic mass is 9.81. The molecule has 0 spiro atoms. The van der Waals surface area contributed by atoms with Crippen LogP contribution < -0.4 is 0 Å². The van der Waals surface area contributed by atoms with Gasteiger partial charge in [-0.05, 0) is 59.7 Å². The van der Waals surface area contributed by atoms with E-state index in [0.29, 0.717) is 31.2 Å². The number of carbonyl (C=O) groups is 2. The summed E-state index contributed by atoms with van der Waals surface area (Å²) < 4.78 is 13.4. The molecular weight excluding hydrogens is 475 g/mol. The highest BCUT2D eigenvalue weighted by Gasteiger charge is 2.31. The molecule has 36 heavy (non-hydrogen) atoms. The second kappa shape index (κ2) is 10.6. The van der Waals surface area contributed by atoms with E-state index in [1.54, 1.807) is 18.5 Å². The van der Waals surface area contributed by atoms with Crippen LogP contribution in [0.25, 0.3) is 11.3 Å². The summed E-state index contributed by atoms with van der Waals surface area (Å²) in [5.41, 5.74) is 6.59. The Bertz CT molecular complexity index is 1400. The summed E-state index contributed by atoms with van der Waals surface area (Å²) in [5, 5.41) is 0.0220.